The second-order valence-corrected chi connectivity index (χ2v) is 5.75. The Morgan fingerprint density at radius 2 is 2.20 bits per heavy atom. The Labute approximate surface area is 121 Å². The first kappa shape index (κ1) is 13.2. The molecule has 0 saturated heterocycles. The van der Waals surface area contributed by atoms with Crippen LogP contribution in [0.1, 0.15) is 19.3 Å². The molecular weight excluding hydrogens is 276 g/mol. The lowest BCUT2D eigenvalue weighted by Gasteiger charge is -2.38. The van der Waals surface area contributed by atoms with Gasteiger partial charge in [-0.25, -0.2) is 0 Å². The van der Waals surface area contributed by atoms with Crippen molar-refractivity contribution in [2.45, 2.75) is 19.3 Å². The van der Waals surface area contributed by atoms with Gasteiger partial charge in [0, 0.05) is 28.8 Å². The van der Waals surface area contributed by atoms with Crippen molar-refractivity contribution in [1.29, 1.82) is 0 Å². The molecule has 0 radical (unpaired) electrons. The molecule has 1 fully saturated rings. The van der Waals surface area contributed by atoms with E-state index in [0.717, 1.165) is 35.9 Å². The molecule has 0 bridgehead atoms. The second-order valence-electron chi connectivity index (χ2n) is 5.31. The first-order valence-electron chi connectivity index (χ1n) is 6.62. The number of halogens is 1. The smallest absolute Gasteiger partial charge is 0.311 e. The van der Waals surface area contributed by atoms with Crippen LogP contribution in [-0.4, -0.2) is 22.6 Å². The molecule has 1 aromatic carbocycles. The summed E-state index contributed by atoms with van der Waals surface area (Å²) in [6.45, 7) is 0.448. The van der Waals surface area contributed by atoms with Gasteiger partial charge in [-0.1, -0.05) is 18.0 Å². The van der Waals surface area contributed by atoms with Gasteiger partial charge < -0.3 is 10.4 Å². The summed E-state index contributed by atoms with van der Waals surface area (Å²) < 4.78 is 0. The standard InChI is InChI=1S/C15H15ClN2O2/c16-10-2-3-11-12(4-7-17-13(11)8-10)18-9-15(14(19)20)5-1-6-15/h2-4,7-8H,1,5-6,9H2,(H,17,18)(H,19,20). The number of carboxylic acid groups (broad SMARTS) is 1. The van der Waals surface area contributed by atoms with E-state index < -0.39 is 11.4 Å². The van der Waals surface area contributed by atoms with E-state index in [9.17, 15) is 9.90 Å². The van der Waals surface area contributed by atoms with Crippen LogP contribution < -0.4 is 5.32 Å². The van der Waals surface area contributed by atoms with Crippen LogP contribution in [0.2, 0.25) is 5.02 Å². The van der Waals surface area contributed by atoms with Crippen LogP contribution in [0.5, 0.6) is 0 Å². The Bertz CT molecular complexity index is 668. The maximum absolute atomic E-state index is 11.4. The summed E-state index contributed by atoms with van der Waals surface area (Å²) in [5, 5.41) is 14.2. The molecule has 5 heteroatoms. The minimum atomic E-state index is -0.711. The number of rotatable bonds is 4. The van der Waals surface area contributed by atoms with Gasteiger partial charge in [0.25, 0.3) is 0 Å². The van der Waals surface area contributed by atoms with Gasteiger partial charge in [0.1, 0.15) is 0 Å². The number of carboxylic acids is 1. The quantitative estimate of drug-likeness (QED) is 0.904. The van der Waals surface area contributed by atoms with Crippen molar-refractivity contribution in [1.82, 2.24) is 4.98 Å². The summed E-state index contributed by atoms with van der Waals surface area (Å²) in [6, 6.07) is 7.39. The van der Waals surface area contributed by atoms with Crippen molar-refractivity contribution in [3.63, 3.8) is 0 Å². The van der Waals surface area contributed by atoms with E-state index in [1.807, 2.05) is 18.2 Å². The molecule has 1 aromatic heterocycles. The van der Waals surface area contributed by atoms with Crippen molar-refractivity contribution in [3.8, 4) is 0 Å². The third-order valence-electron chi connectivity index (χ3n) is 4.09. The Morgan fingerprint density at radius 3 is 2.85 bits per heavy atom. The normalized spacial score (nSPS) is 16.6. The topological polar surface area (TPSA) is 62.2 Å². The molecule has 0 aliphatic heterocycles. The first-order valence-corrected chi connectivity index (χ1v) is 7.00. The highest BCUT2D eigenvalue weighted by Gasteiger charge is 2.44. The van der Waals surface area contributed by atoms with Crippen molar-refractivity contribution in [2.75, 3.05) is 11.9 Å². The van der Waals surface area contributed by atoms with Gasteiger partial charge in [-0.05, 0) is 37.1 Å². The van der Waals surface area contributed by atoms with Crippen LogP contribution in [0, 0.1) is 5.41 Å². The van der Waals surface area contributed by atoms with Crippen molar-refractivity contribution in [2.24, 2.45) is 5.41 Å². The van der Waals surface area contributed by atoms with Gasteiger partial charge >= 0.3 is 5.97 Å². The molecule has 104 valence electrons. The molecule has 0 spiro atoms. The molecule has 1 aliphatic rings. The number of aromatic nitrogens is 1. The first-order chi connectivity index (χ1) is 9.61. The van der Waals surface area contributed by atoms with E-state index in [1.165, 1.54) is 0 Å². The number of fused-ring (bicyclic) bond motifs is 1. The van der Waals surface area contributed by atoms with Crippen LogP contribution >= 0.6 is 11.6 Å². The Morgan fingerprint density at radius 1 is 1.40 bits per heavy atom. The SMILES string of the molecule is O=C(O)C1(CNc2ccnc3cc(Cl)ccc23)CCC1. The number of carbonyl (C=O) groups is 1. The molecule has 1 aliphatic carbocycles. The van der Waals surface area contributed by atoms with Crippen LogP contribution in [-0.2, 0) is 4.79 Å². The lowest BCUT2D eigenvalue weighted by atomic mass is 9.69. The Kier molecular flexibility index (Phi) is 3.26. The predicted octanol–water partition coefficient (Wildman–Crippen LogP) is 3.56. The number of aliphatic carboxylic acids is 1. The lowest BCUT2D eigenvalue weighted by Crippen LogP contribution is -2.43. The van der Waals surface area contributed by atoms with Gasteiger partial charge in [0.05, 0.1) is 10.9 Å². The monoisotopic (exact) mass is 290 g/mol. The van der Waals surface area contributed by atoms with Crippen molar-refractivity contribution < 1.29 is 9.90 Å². The zero-order chi connectivity index (χ0) is 14.2. The zero-order valence-electron chi connectivity index (χ0n) is 10.9. The maximum Gasteiger partial charge on any atom is 0.311 e. The number of anilines is 1. The van der Waals surface area contributed by atoms with Crippen LogP contribution in [0.4, 0.5) is 5.69 Å². The van der Waals surface area contributed by atoms with Crippen molar-refractivity contribution >= 4 is 34.2 Å². The molecule has 3 rings (SSSR count). The maximum atomic E-state index is 11.4. The molecule has 2 aromatic rings. The molecule has 4 nitrogen and oxygen atoms in total. The van der Waals surface area contributed by atoms with E-state index in [4.69, 9.17) is 11.6 Å². The average Bonchev–Trinajstić information content (AvgIpc) is 2.36. The number of benzene rings is 1. The van der Waals surface area contributed by atoms with Crippen LogP contribution in [0.25, 0.3) is 10.9 Å². The summed E-state index contributed by atoms with van der Waals surface area (Å²) in [4.78, 5) is 15.6. The Balaban J connectivity index is 1.86. The third-order valence-corrected chi connectivity index (χ3v) is 4.32. The second kappa shape index (κ2) is 4.94. The number of pyridine rings is 1. The molecule has 0 unspecified atom stereocenters. The highest BCUT2D eigenvalue weighted by Crippen LogP contribution is 2.41. The number of hydrogen-bond acceptors (Lipinski definition) is 3. The van der Waals surface area contributed by atoms with Crippen LogP contribution in [0.15, 0.2) is 30.5 Å². The summed E-state index contributed by atoms with van der Waals surface area (Å²) in [5.41, 5.74) is 1.10. The van der Waals surface area contributed by atoms with E-state index in [1.54, 1.807) is 12.3 Å². The minimum Gasteiger partial charge on any atom is -0.481 e. The highest BCUT2D eigenvalue weighted by atomic mass is 35.5. The van der Waals surface area contributed by atoms with E-state index in [-0.39, 0.29) is 0 Å². The molecule has 1 saturated carbocycles. The Hall–Kier alpha value is -1.81. The minimum absolute atomic E-state index is 0.448. The average molecular weight is 291 g/mol. The third kappa shape index (κ3) is 2.20. The van der Waals surface area contributed by atoms with Gasteiger partial charge in [-0.15, -0.1) is 0 Å². The fourth-order valence-electron chi connectivity index (χ4n) is 2.61. The number of hydrogen-bond donors (Lipinski definition) is 2. The van der Waals surface area contributed by atoms with Gasteiger partial charge in [0.15, 0.2) is 0 Å². The predicted molar refractivity (Wildman–Crippen MR) is 79.2 cm³/mol. The molecule has 0 amide bonds. The van der Waals surface area contributed by atoms with E-state index in [2.05, 4.69) is 10.3 Å². The lowest BCUT2D eigenvalue weighted by molar-refractivity contribution is -0.153. The summed E-state index contributed by atoms with van der Waals surface area (Å²) in [5.74, 6) is -0.711. The van der Waals surface area contributed by atoms with E-state index in [0.29, 0.717) is 11.6 Å². The van der Waals surface area contributed by atoms with E-state index >= 15 is 0 Å². The molecule has 1 heterocycles. The van der Waals surface area contributed by atoms with Gasteiger partial charge in [0.2, 0.25) is 0 Å². The highest BCUT2D eigenvalue weighted by molar-refractivity contribution is 6.31. The van der Waals surface area contributed by atoms with Gasteiger partial charge in [-0.2, -0.15) is 0 Å². The summed E-state index contributed by atoms with van der Waals surface area (Å²) in [7, 11) is 0. The number of nitrogens with one attached hydrogen (secondary N) is 1. The zero-order valence-corrected chi connectivity index (χ0v) is 11.7. The molecule has 2 N–H and O–H groups in total. The van der Waals surface area contributed by atoms with Crippen molar-refractivity contribution in [3.05, 3.63) is 35.5 Å². The summed E-state index contributed by atoms with van der Waals surface area (Å²) >= 11 is 5.96. The summed E-state index contributed by atoms with van der Waals surface area (Å²) in [6.07, 6.45) is 4.17. The number of nitrogens with zero attached hydrogens (tertiary/aromatic N) is 1. The van der Waals surface area contributed by atoms with Crippen LogP contribution in [0.3, 0.4) is 0 Å². The molecule has 0 atom stereocenters. The molecule has 20 heavy (non-hydrogen) atoms. The largest absolute Gasteiger partial charge is 0.481 e. The fraction of sp³-hybridized carbons (Fsp3) is 0.333. The fourth-order valence-corrected chi connectivity index (χ4v) is 2.78. The molecular formula is C15H15ClN2O2. The van der Waals surface area contributed by atoms with Gasteiger partial charge in [-0.3, -0.25) is 9.78 Å².